The predicted octanol–water partition coefficient (Wildman–Crippen LogP) is -3.16. The van der Waals surface area contributed by atoms with Gasteiger partial charge in [0.1, 0.15) is 18.1 Å². The largest absolute Gasteiger partial charge is 0.481 e. The molecule has 0 aliphatic rings. The Labute approximate surface area is 147 Å². The zero-order valence-electron chi connectivity index (χ0n) is 13.4. The SMILES string of the molecule is CC(O)C(NS(=O)(=O)N[C@@H](CC(=O)O)c1nnc([C@@H](N)CO)o1)C(=O)O. The molecule has 0 aliphatic heterocycles. The van der Waals surface area contributed by atoms with Gasteiger partial charge in [-0.1, -0.05) is 0 Å². The molecule has 0 aliphatic carbocycles. The van der Waals surface area contributed by atoms with Gasteiger partial charge in [0.15, 0.2) is 0 Å². The van der Waals surface area contributed by atoms with Crippen LogP contribution in [0.15, 0.2) is 4.42 Å². The van der Waals surface area contributed by atoms with Crippen molar-refractivity contribution in [3.8, 4) is 0 Å². The Balaban J connectivity index is 3.04. The molecule has 0 bridgehead atoms. The Kier molecular flexibility index (Phi) is 7.54. The summed E-state index contributed by atoms with van der Waals surface area (Å²) in [5.74, 6) is -3.78. The zero-order chi connectivity index (χ0) is 20.1. The molecule has 0 saturated carbocycles. The molecule has 4 atom stereocenters. The number of nitrogens with zero attached hydrogens (tertiary/aromatic N) is 2. The van der Waals surface area contributed by atoms with E-state index in [2.05, 4.69) is 10.2 Å². The Morgan fingerprint density at radius 1 is 1.23 bits per heavy atom. The molecular formula is C11H19N5O9S. The van der Waals surface area contributed by atoms with Gasteiger partial charge >= 0.3 is 11.9 Å². The van der Waals surface area contributed by atoms with Crippen LogP contribution in [0.2, 0.25) is 0 Å². The molecule has 0 aromatic carbocycles. The van der Waals surface area contributed by atoms with Gasteiger partial charge < -0.3 is 30.6 Å². The molecule has 26 heavy (non-hydrogen) atoms. The van der Waals surface area contributed by atoms with Crippen molar-refractivity contribution < 1.29 is 42.9 Å². The van der Waals surface area contributed by atoms with Crippen molar-refractivity contribution in [2.24, 2.45) is 5.73 Å². The third-order valence-electron chi connectivity index (χ3n) is 2.97. The third-order valence-corrected chi connectivity index (χ3v) is 4.13. The molecule has 2 unspecified atom stereocenters. The molecule has 1 heterocycles. The van der Waals surface area contributed by atoms with Crippen LogP contribution in [0.4, 0.5) is 0 Å². The van der Waals surface area contributed by atoms with Crippen molar-refractivity contribution in [3.05, 3.63) is 11.8 Å². The van der Waals surface area contributed by atoms with Gasteiger partial charge in [-0.15, -0.1) is 10.2 Å². The van der Waals surface area contributed by atoms with E-state index in [0.29, 0.717) is 0 Å². The second kappa shape index (κ2) is 8.97. The number of nitrogens with one attached hydrogen (secondary N) is 2. The topological polar surface area (TPSA) is 238 Å². The standard InChI is InChI=1S/C11H19N5O9S/c1-4(18)8(11(21)22)16-26(23,24)15-6(2-7(19)20)10-14-13-9(25-10)5(12)3-17/h4-6,8,15-18H,2-3,12H2,1H3,(H,19,20)(H,21,22)/t4?,5-,6-,8?/m0/s1. The van der Waals surface area contributed by atoms with Crippen LogP contribution in [-0.4, -0.2) is 69.7 Å². The van der Waals surface area contributed by atoms with Gasteiger partial charge in [0.2, 0.25) is 11.8 Å². The molecular weight excluding hydrogens is 378 g/mol. The minimum atomic E-state index is -4.59. The van der Waals surface area contributed by atoms with E-state index in [1.807, 2.05) is 4.72 Å². The van der Waals surface area contributed by atoms with Crippen molar-refractivity contribution in [1.82, 2.24) is 19.6 Å². The highest BCUT2D eigenvalue weighted by Gasteiger charge is 2.32. The Bertz CT molecular complexity index is 734. The van der Waals surface area contributed by atoms with Crippen LogP contribution < -0.4 is 15.2 Å². The average molecular weight is 397 g/mol. The first-order valence-electron chi connectivity index (χ1n) is 7.08. The molecule has 1 rings (SSSR count). The second-order valence-electron chi connectivity index (χ2n) is 5.21. The molecule has 0 radical (unpaired) electrons. The molecule has 15 heteroatoms. The lowest BCUT2D eigenvalue weighted by Crippen LogP contribution is -2.52. The Hall–Kier alpha value is -2.17. The molecule has 0 amide bonds. The second-order valence-corrected chi connectivity index (χ2v) is 6.69. The Morgan fingerprint density at radius 2 is 1.81 bits per heavy atom. The Morgan fingerprint density at radius 3 is 2.27 bits per heavy atom. The monoisotopic (exact) mass is 397 g/mol. The lowest BCUT2D eigenvalue weighted by atomic mass is 10.2. The van der Waals surface area contributed by atoms with Crippen LogP contribution in [-0.2, 0) is 19.8 Å². The lowest BCUT2D eigenvalue weighted by Gasteiger charge is -2.19. The highest BCUT2D eigenvalue weighted by Crippen LogP contribution is 2.19. The van der Waals surface area contributed by atoms with E-state index in [9.17, 15) is 23.1 Å². The first kappa shape index (κ1) is 21.9. The van der Waals surface area contributed by atoms with Crippen LogP contribution in [0.25, 0.3) is 0 Å². The number of carboxylic acid groups (broad SMARTS) is 2. The molecule has 14 nitrogen and oxygen atoms in total. The summed E-state index contributed by atoms with van der Waals surface area (Å²) in [6, 6.07) is -4.48. The van der Waals surface area contributed by atoms with E-state index < -0.39 is 65.3 Å². The highest BCUT2D eigenvalue weighted by atomic mass is 32.2. The van der Waals surface area contributed by atoms with E-state index in [-0.39, 0.29) is 5.89 Å². The quantitative estimate of drug-likeness (QED) is 0.196. The smallest absolute Gasteiger partial charge is 0.324 e. The van der Waals surface area contributed by atoms with Gasteiger partial charge in [-0.25, -0.2) is 0 Å². The van der Waals surface area contributed by atoms with Gasteiger partial charge in [-0.2, -0.15) is 17.9 Å². The summed E-state index contributed by atoms with van der Waals surface area (Å²) in [5.41, 5.74) is 5.46. The van der Waals surface area contributed by atoms with E-state index in [1.54, 1.807) is 4.72 Å². The van der Waals surface area contributed by atoms with Crippen molar-refractivity contribution in [1.29, 1.82) is 0 Å². The van der Waals surface area contributed by atoms with Crippen molar-refractivity contribution in [2.45, 2.75) is 37.6 Å². The van der Waals surface area contributed by atoms with Crippen LogP contribution in [0, 0.1) is 0 Å². The van der Waals surface area contributed by atoms with Crippen LogP contribution in [0.5, 0.6) is 0 Å². The number of aromatic nitrogens is 2. The molecule has 0 spiro atoms. The van der Waals surface area contributed by atoms with Gasteiger partial charge in [-0.05, 0) is 6.92 Å². The molecule has 0 saturated heterocycles. The van der Waals surface area contributed by atoms with Gasteiger partial charge in [0.25, 0.3) is 10.2 Å². The summed E-state index contributed by atoms with van der Waals surface area (Å²) in [5, 5.41) is 43.0. The first-order chi connectivity index (χ1) is 12.0. The maximum Gasteiger partial charge on any atom is 0.324 e. The average Bonchev–Trinajstić information content (AvgIpc) is 3.00. The molecule has 1 aromatic rings. The number of carboxylic acids is 2. The number of aliphatic hydroxyl groups excluding tert-OH is 2. The number of nitrogens with two attached hydrogens (primary N) is 1. The van der Waals surface area contributed by atoms with Crippen molar-refractivity contribution >= 4 is 22.1 Å². The molecule has 148 valence electrons. The van der Waals surface area contributed by atoms with Crippen molar-refractivity contribution in [2.75, 3.05) is 6.61 Å². The summed E-state index contributed by atoms with van der Waals surface area (Å²) < 4.78 is 32.7. The van der Waals surface area contributed by atoms with E-state index in [0.717, 1.165) is 6.92 Å². The normalized spacial score (nSPS) is 16.6. The van der Waals surface area contributed by atoms with E-state index in [4.69, 9.17) is 25.5 Å². The fourth-order valence-electron chi connectivity index (χ4n) is 1.71. The number of aliphatic carboxylic acids is 2. The lowest BCUT2D eigenvalue weighted by molar-refractivity contribution is -0.141. The fourth-order valence-corrected chi connectivity index (χ4v) is 2.97. The van der Waals surface area contributed by atoms with E-state index in [1.165, 1.54) is 0 Å². The molecule has 1 aromatic heterocycles. The van der Waals surface area contributed by atoms with Crippen molar-refractivity contribution in [3.63, 3.8) is 0 Å². The van der Waals surface area contributed by atoms with Crippen LogP contribution in [0.3, 0.4) is 0 Å². The fraction of sp³-hybridized carbons (Fsp3) is 0.636. The summed E-state index contributed by atoms with van der Waals surface area (Å²) in [6.45, 7) is 0.504. The number of carbonyl (C=O) groups is 2. The summed E-state index contributed by atoms with van der Waals surface area (Å²) >= 11 is 0. The zero-order valence-corrected chi connectivity index (χ0v) is 14.3. The third kappa shape index (κ3) is 6.28. The van der Waals surface area contributed by atoms with E-state index >= 15 is 0 Å². The van der Waals surface area contributed by atoms with Gasteiger partial charge in [0.05, 0.1) is 19.1 Å². The predicted molar refractivity (Wildman–Crippen MR) is 81.6 cm³/mol. The number of rotatable bonds is 11. The van der Waals surface area contributed by atoms with Gasteiger partial charge in [0, 0.05) is 0 Å². The maximum absolute atomic E-state index is 12.1. The number of hydrogen-bond donors (Lipinski definition) is 7. The van der Waals surface area contributed by atoms with Crippen LogP contribution in [0.1, 0.15) is 37.2 Å². The highest BCUT2D eigenvalue weighted by molar-refractivity contribution is 7.87. The first-order valence-corrected chi connectivity index (χ1v) is 8.57. The van der Waals surface area contributed by atoms with Gasteiger partial charge in [-0.3, -0.25) is 9.59 Å². The van der Waals surface area contributed by atoms with Crippen LogP contribution >= 0.6 is 0 Å². The molecule has 8 N–H and O–H groups in total. The number of hydrogen-bond acceptors (Lipinski definition) is 10. The minimum absolute atomic E-state index is 0.252. The minimum Gasteiger partial charge on any atom is -0.481 e. The summed E-state index contributed by atoms with van der Waals surface area (Å²) in [7, 11) is -4.59. The summed E-state index contributed by atoms with van der Waals surface area (Å²) in [6.07, 6.45) is -2.39. The summed E-state index contributed by atoms with van der Waals surface area (Å²) in [4.78, 5) is 21.9. The number of aliphatic hydroxyl groups is 2. The molecule has 0 fully saturated rings. The maximum atomic E-state index is 12.1.